The van der Waals surface area contributed by atoms with Gasteiger partial charge in [-0.25, -0.2) is 0 Å². The molecule has 1 atom stereocenters. The Kier molecular flexibility index (Phi) is 4.91. The molecule has 1 aromatic heterocycles. The summed E-state index contributed by atoms with van der Waals surface area (Å²) < 4.78 is 4.90. The van der Waals surface area contributed by atoms with Crippen LogP contribution < -0.4 is 0 Å². The molecule has 124 valence electrons. The summed E-state index contributed by atoms with van der Waals surface area (Å²) >= 11 is 0. The summed E-state index contributed by atoms with van der Waals surface area (Å²) in [5.41, 5.74) is 1.19. The molecule has 1 aromatic rings. The molecule has 0 aromatic carbocycles. The van der Waals surface area contributed by atoms with Gasteiger partial charge in [-0.1, -0.05) is 6.07 Å². The van der Waals surface area contributed by atoms with E-state index in [9.17, 15) is 9.59 Å². The van der Waals surface area contributed by atoms with E-state index in [1.165, 1.54) is 12.7 Å². The van der Waals surface area contributed by atoms with Gasteiger partial charge >= 0.3 is 0 Å². The van der Waals surface area contributed by atoms with Gasteiger partial charge in [-0.15, -0.1) is 0 Å². The van der Waals surface area contributed by atoms with Gasteiger partial charge in [0, 0.05) is 51.6 Å². The number of methoxy groups -OCH3 is 1. The van der Waals surface area contributed by atoms with Crippen molar-refractivity contribution in [1.82, 2.24) is 14.8 Å². The highest BCUT2D eigenvalue weighted by molar-refractivity contribution is 5.82. The van der Waals surface area contributed by atoms with Crippen molar-refractivity contribution in [3.63, 3.8) is 0 Å². The van der Waals surface area contributed by atoms with Crippen LogP contribution in [0, 0.1) is 5.92 Å². The highest BCUT2D eigenvalue weighted by Gasteiger charge is 2.37. The molecule has 0 radical (unpaired) electrons. The quantitative estimate of drug-likeness (QED) is 0.827. The van der Waals surface area contributed by atoms with Gasteiger partial charge < -0.3 is 14.5 Å². The molecule has 23 heavy (non-hydrogen) atoms. The van der Waals surface area contributed by atoms with E-state index in [0.29, 0.717) is 12.5 Å². The molecule has 3 heterocycles. The highest BCUT2D eigenvalue weighted by atomic mass is 16.5. The van der Waals surface area contributed by atoms with Crippen LogP contribution in [0.1, 0.15) is 24.3 Å². The molecule has 0 aliphatic carbocycles. The second-order valence-corrected chi connectivity index (χ2v) is 6.34. The summed E-state index contributed by atoms with van der Waals surface area (Å²) in [7, 11) is 1.52. The lowest BCUT2D eigenvalue weighted by Gasteiger charge is -2.43. The maximum absolute atomic E-state index is 12.6. The van der Waals surface area contributed by atoms with Crippen molar-refractivity contribution in [2.45, 2.75) is 18.8 Å². The number of aromatic nitrogens is 1. The van der Waals surface area contributed by atoms with Gasteiger partial charge in [-0.2, -0.15) is 0 Å². The molecule has 0 bridgehead atoms. The SMILES string of the molecule is COCC(=O)N1CCCC(C(=O)N2CC(c3cccnc3)C2)C1. The standard InChI is InChI=1S/C17H23N3O3/c1-23-12-16(21)19-7-3-5-14(9-19)17(22)20-10-15(11-20)13-4-2-6-18-8-13/h2,4,6,8,14-15H,3,5,7,9-12H2,1H3. The smallest absolute Gasteiger partial charge is 0.248 e. The molecule has 6 heteroatoms. The lowest BCUT2D eigenvalue weighted by Crippen LogP contribution is -2.54. The molecule has 2 amide bonds. The third-order valence-corrected chi connectivity index (χ3v) is 4.74. The van der Waals surface area contributed by atoms with E-state index in [4.69, 9.17) is 4.74 Å². The van der Waals surface area contributed by atoms with Crippen LogP contribution in [0.2, 0.25) is 0 Å². The lowest BCUT2D eigenvalue weighted by atomic mass is 9.89. The molecular formula is C17H23N3O3. The van der Waals surface area contributed by atoms with Crippen molar-refractivity contribution < 1.29 is 14.3 Å². The Morgan fingerprint density at radius 3 is 2.83 bits per heavy atom. The molecule has 0 N–H and O–H groups in total. The summed E-state index contributed by atoms with van der Waals surface area (Å²) in [6.45, 7) is 2.85. The van der Waals surface area contributed by atoms with Crippen molar-refractivity contribution >= 4 is 11.8 Å². The number of rotatable bonds is 4. The number of hydrogen-bond acceptors (Lipinski definition) is 4. The van der Waals surface area contributed by atoms with Crippen molar-refractivity contribution in [3.8, 4) is 0 Å². The van der Waals surface area contributed by atoms with Crippen LogP contribution in [-0.2, 0) is 14.3 Å². The maximum Gasteiger partial charge on any atom is 0.248 e. The van der Waals surface area contributed by atoms with Gasteiger partial charge in [-0.3, -0.25) is 14.6 Å². The first-order chi connectivity index (χ1) is 11.2. The number of piperidine rings is 1. The fraction of sp³-hybridized carbons (Fsp3) is 0.588. The van der Waals surface area contributed by atoms with Crippen LogP contribution in [0.15, 0.2) is 24.5 Å². The van der Waals surface area contributed by atoms with E-state index in [-0.39, 0.29) is 24.3 Å². The Hall–Kier alpha value is -1.95. The zero-order chi connectivity index (χ0) is 16.2. The molecule has 2 aliphatic heterocycles. The van der Waals surface area contributed by atoms with Gasteiger partial charge in [-0.05, 0) is 24.5 Å². The molecule has 6 nitrogen and oxygen atoms in total. The first-order valence-corrected chi connectivity index (χ1v) is 8.14. The van der Waals surface area contributed by atoms with Crippen LogP contribution in [0.3, 0.4) is 0 Å². The predicted molar refractivity (Wildman–Crippen MR) is 84.7 cm³/mol. The average Bonchev–Trinajstić information content (AvgIpc) is 2.55. The predicted octanol–water partition coefficient (Wildman–Crippen LogP) is 0.892. The van der Waals surface area contributed by atoms with E-state index in [0.717, 1.165) is 32.5 Å². The number of ether oxygens (including phenoxy) is 1. The van der Waals surface area contributed by atoms with Crippen LogP contribution in [0.25, 0.3) is 0 Å². The second-order valence-electron chi connectivity index (χ2n) is 6.34. The zero-order valence-corrected chi connectivity index (χ0v) is 13.5. The van der Waals surface area contributed by atoms with E-state index in [1.54, 1.807) is 11.1 Å². The van der Waals surface area contributed by atoms with Crippen molar-refractivity contribution in [1.29, 1.82) is 0 Å². The third-order valence-electron chi connectivity index (χ3n) is 4.74. The van der Waals surface area contributed by atoms with E-state index < -0.39 is 0 Å². The number of hydrogen-bond donors (Lipinski definition) is 0. The molecule has 0 saturated carbocycles. The average molecular weight is 317 g/mol. The summed E-state index contributed by atoms with van der Waals surface area (Å²) in [5.74, 6) is 0.476. The van der Waals surface area contributed by atoms with Gasteiger partial charge in [0.1, 0.15) is 6.61 Å². The number of amides is 2. The highest BCUT2D eigenvalue weighted by Crippen LogP contribution is 2.29. The fourth-order valence-electron chi connectivity index (χ4n) is 3.37. The summed E-state index contributed by atoms with van der Waals surface area (Å²) in [6.07, 6.45) is 5.38. The van der Waals surface area contributed by atoms with Gasteiger partial charge in [0.2, 0.25) is 11.8 Å². The van der Waals surface area contributed by atoms with Crippen LogP contribution in [0.5, 0.6) is 0 Å². The molecule has 2 fully saturated rings. The van der Waals surface area contributed by atoms with E-state index >= 15 is 0 Å². The molecule has 0 spiro atoms. The monoisotopic (exact) mass is 317 g/mol. The molecule has 2 saturated heterocycles. The number of carbonyl (C=O) groups excluding carboxylic acids is 2. The summed E-state index contributed by atoms with van der Waals surface area (Å²) in [4.78, 5) is 32.4. The number of nitrogens with zero attached hydrogens (tertiary/aromatic N) is 3. The van der Waals surface area contributed by atoms with E-state index in [2.05, 4.69) is 11.1 Å². The Labute approximate surface area is 136 Å². The second kappa shape index (κ2) is 7.08. The van der Waals surface area contributed by atoms with Crippen molar-refractivity contribution in [2.75, 3.05) is 39.9 Å². The Morgan fingerprint density at radius 1 is 1.30 bits per heavy atom. The topological polar surface area (TPSA) is 62.7 Å². The van der Waals surface area contributed by atoms with Gasteiger partial charge in [0.05, 0.1) is 5.92 Å². The normalized spacial score (nSPS) is 21.9. The molecule has 1 unspecified atom stereocenters. The minimum atomic E-state index is -0.0700. The van der Waals surface area contributed by atoms with Crippen LogP contribution >= 0.6 is 0 Å². The summed E-state index contributed by atoms with van der Waals surface area (Å²) in [5, 5.41) is 0. The third kappa shape index (κ3) is 3.52. The fourth-order valence-corrected chi connectivity index (χ4v) is 3.37. The number of likely N-dealkylation sites (tertiary alicyclic amines) is 2. The minimum Gasteiger partial charge on any atom is -0.375 e. The molecular weight excluding hydrogens is 294 g/mol. The number of carbonyl (C=O) groups is 2. The largest absolute Gasteiger partial charge is 0.375 e. The first-order valence-electron chi connectivity index (χ1n) is 8.14. The van der Waals surface area contributed by atoms with Crippen molar-refractivity contribution in [2.24, 2.45) is 5.92 Å². The summed E-state index contributed by atoms with van der Waals surface area (Å²) in [6, 6.07) is 3.99. The van der Waals surface area contributed by atoms with E-state index in [1.807, 2.05) is 17.2 Å². The Balaban J connectivity index is 1.52. The first kappa shape index (κ1) is 15.9. The van der Waals surface area contributed by atoms with Crippen molar-refractivity contribution in [3.05, 3.63) is 30.1 Å². The minimum absolute atomic E-state index is 0.0261. The molecule has 3 rings (SSSR count). The lowest BCUT2D eigenvalue weighted by molar-refractivity contribution is -0.145. The van der Waals surface area contributed by atoms with Crippen LogP contribution in [0.4, 0.5) is 0 Å². The Bertz CT molecular complexity index is 557. The Morgan fingerprint density at radius 2 is 2.13 bits per heavy atom. The van der Waals surface area contributed by atoms with Gasteiger partial charge in [0.25, 0.3) is 0 Å². The molecule has 2 aliphatic rings. The number of pyridine rings is 1. The van der Waals surface area contributed by atoms with Gasteiger partial charge in [0.15, 0.2) is 0 Å². The maximum atomic E-state index is 12.6. The van der Waals surface area contributed by atoms with Crippen LogP contribution in [-0.4, -0.2) is 66.5 Å². The zero-order valence-electron chi connectivity index (χ0n) is 13.5.